The molecule has 46 heavy (non-hydrogen) atoms. The van der Waals surface area contributed by atoms with Crippen molar-refractivity contribution in [1.29, 1.82) is 0 Å². The average molecular weight is 648 g/mol. The van der Waals surface area contributed by atoms with Gasteiger partial charge in [0.05, 0.1) is 13.1 Å². The van der Waals surface area contributed by atoms with Gasteiger partial charge in [-0.1, -0.05) is 43.5 Å². The van der Waals surface area contributed by atoms with Crippen molar-refractivity contribution in [3.63, 3.8) is 0 Å². The third-order valence-corrected chi connectivity index (χ3v) is 7.80. The van der Waals surface area contributed by atoms with E-state index in [-0.39, 0.29) is 17.8 Å². The SMILES string of the molecule is O=C(NCC(F)C(=O)O)c1ccc(CN(C(=O)Nc2ccc3c(c2)OC(F)(F)C(F)(F)O3)c2ccc(C3CCCCC3)cc2)cc1. The summed E-state index contributed by atoms with van der Waals surface area (Å²) in [5, 5.41) is 13.4. The first-order valence-electron chi connectivity index (χ1n) is 14.5. The van der Waals surface area contributed by atoms with Gasteiger partial charge >= 0.3 is 24.2 Å². The molecule has 1 aliphatic heterocycles. The van der Waals surface area contributed by atoms with E-state index in [1.807, 2.05) is 12.1 Å². The molecule has 3 amide bonds. The van der Waals surface area contributed by atoms with Crippen LogP contribution in [0.25, 0.3) is 0 Å². The molecule has 3 N–H and O–H groups in total. The van der Waals surface area contributed by atoms with Gasteiger partial charge in [0.25, 0.3) is 5.91 Å². The number of hydrogen-bond acceptors (Lipinski definition) is 5. The highest BCUT2D eigenvalue weighted by molar-refractivity contribution is 6.02. The summed E-state index contributed by atoms with van der Waals surface area (Å²) in [6, 6.07) is 15.9. The number of amides is 3. The van der Waals surface area contributed by atoms with Gasteiger partial charge < -0.3 is 25.2 Å². The lowest BCUT2D eigenvalue weighted by atomic mass is 9.84. The Morgan fingerprint density at radius 1 is 0.870 bits per heavy atom. The lowest BCUT2D eigenvalue weighted by molar-refractivity contribution is -0.391. The van der Waals surface area contributed by atoms with Gasteiger partial charge in [-0.05, 0) is 66.3 Å². The first-order chi connectivity index (χ1) is 21.8. The van der Waals surface area contributed by atoms with Gasteiger partial charge in [-0.15, -0.1) is 0 Å². The highest BCUT2D eigenvalue weighted by Gasteiger charge is 2.66. The Balaban J connectivity index is 1.35. The maximum absolute atomic E-state index is 13.7. The van der Waals surface area contributed by atoms with Crippen molar-refractivity contribution in [1.82, 2.24) is 5.32 Å². The quantitative estimate of drug-likeness (QED) is 0.214. The van der Waals surface area contributed by atoms with Crippen molar-refractivity contribution in [2.45, 2.75) is 63.0 Å². The number of halogens is 5. The number of alkyl halides is 5. The second kappa shape index (κ2) is 13.2. The lowest BCUT2D eigenvalue weighted by Gasteiger charge is -2.32. The minimum absolute atomic E-state index is 0.0169. The summed E-state index contributed by atoms with van der Waals surface area (Å²) >= 11 is 0. The predicted octanol–water partition coefficient (Wildman–Crippen LogP) is 7.08. The van der Waals surface area contributed by atoms with E-state index < -0.39 is 54.3 Å². The second-order valence-electron chi connectivity index (χ2n) is 11.1. The largest absolute Gasteiger partial charge is 0.507 e. The van der Waals surface area contributed by atoms with E-state index in [1.54, 1.807) is 24.3 Å². The van der Waals surface area contributed by atoms with Crippen LogP contribution in [0.15, 0.2) is 66.7 Å². The number of aliphatic carboxylic acids is 1. The summed E-state index contributed by atoms with van der Waals surface area (Å²) in [6.45, 7) is -0.725. The molecule has 1 aliphatic carbocycles. The van der Waals surface area contributed by atoms with E-state index in [9.17, 15) is 36.3 Å². The van der Waals surface area contributed by atoms with Gasteiger partial charge in [-0.2, -0.15) is 17.6 Å². The molecule has 244 valence electrons. The summed E-state index contributed by atoms with van der Waals surface area (Å²) in [7, 11) is 0. The van der Waals surface area contributed by atoms with Crippen LogP contribution < -0.4 is 25.0 Å². The number of urea groups is 1. The molecule has 9 nitrogen and oxygen atoms in total. The van der Waals surface area contributed by atoms with Crippen LogP contribution in [0.5, 0.6) is 11.5 Å². The molecule has 0 saturated heterocycles. The number of benzene rings is 3. The van der Waals surface area contributed by atoms with Gasteiger partial charge in [-0.3, -0.25) is 9.69 Å². The highest BCUT2D eigenvalue weighted by atomic mass is 19.3. The molecule has 2 aliphatic rings. The molecule has 0 spiro atoms. The number of carboxylic acids is 1. The highest BCUT2D eigenvalue weighted by Crippen LogP contribution is 2.47. The summed E-state index contributed by atoms with van der Waals surface area (Å²) in [5.41, 5.74) is 2.30. The third kappa shape index (κ3) is 7.32. The molecule has 1 unspecified atom stereocenters. The van der Waals surface area contributed by atoms with Crippen molar-refractivity contribution >= 4 is 29.3 Å². The van der Waals surface area contributed by atoms with Crippen LogP contribution in [-0.4, -0.2) is 47.9 Å². The fourth-order valence-electron chi connectivity index (χ4n) is 5.29. The first-order valence-corrected chi connectivity index (χ1v) is 14.5. The van der Waals surface area contributed by atoms with Gasteiger partial charge in [-0.25, -0.2) is 14.0 Å². The minimum Gasteiger partial charge on any atom is -0.479 e. The molecule has 5 rings (SSSR count). The van der Waals surface area contributed by atoms with Crippen LogP contribution in [-0.2, 0) is 11.3 Å². The average Bonchev–Trinajstić information content (AvgIpc) is 3.03. The molecule has 3 aromatic carbocycles. The Morgan fingerprint density at radius 2 is 1.50 bits per heavy atom. The Kier molecular flexibility index (Phi) is 9.35. The van der Waals surface area contributed by atoms with Crippen LogP contribution >= 0.6 is 0 Å². The summed E-state index contributed by atoms with van der Waals surface area (Å²) in [5.74, 6) is -3.29. The standard InChI is InChI=1S/C32H30F5N3O6/c33-25(29(42)43)17-38-28(41)22-8-6-19(7-9-22)18-40(24-13-10-21(11-14-24)20-4-2-1-3-5-20)30(44)39-23-12-15-26-27(16-23)46-32(36,37)31(34,35)45-26/h6-16,20,25H,1-5,17-18H2,(H,38,41)(H,39,44)(H,42,43). The van der Waals surface area contributed by atoms with E-state index in [2.05, 4.69) is 20.1 Å². The fourth-order valence-corrected chi connectivity index (χ4v) is 5.29. The van der Waals surface area contributed by atoms with Crippen LogP contribution in [0, 0.1) is 0 Å². The Bertz CT molecular complexity index is 1580. The monoisotopic (exact) mass is 647 g/mol. The zero-order chi connectivity index (χ0) is 33.1. The van der Waals surface area contributed by atoms with E-state index in [0.29, 0.717) is 17.2 Å². The van der Waals surface area contributed by atoms with E-state index in [0.717, 1.165) is 43.4 Å². The van der Waals surface area contributed by atoms with Gasteiger partial charge in [0, 0.05) is 23.0 Å². The Morgan fingerprint density at radius 3 is 2.13 bits per heavy atom. The zero-order valence-corrected chi connectivity index (χ0v) is 24.3. The van der Waals surface area contributed by atoms with Crippen molar-refractivity contribution in [3.8, 4) is 11.5 Å². The van der Waals surface area contributed by atoms with E-state index in [1.165, 1.54) is 29.5 Å². The van der Waals surface area contributed by atoms with Crippen molar-refractivity contribution in [2.24, 2.45) is 0 Å². The van der Waals surface area contributed by atoms with Crippen LogP contribution in [0.4, 0.5) is 38.1 Å². The molecule has 1 saturated carbocycles. The molecule has 1 fully saturated rings. The van der Waals surface area contributed by atoms with Crippen LogP contribution in [0.2, 0.25) is 0 Å². The molecule has 3 aromatic rings. The predicted molar refractivity (Wildman–Crippen MR) is 156 cm³/mol. The number of hydrogen-bond donors (Lipinski definition) is 3. The number of carbonyl (C=O) groups is 3. The maximum Gasteiger partial charge on any atom is 0.507 e. The fraction of sp³-hybridized carbons (Fsp3) is 0.344. The zero-order valence-electron chi connectivity index (χ0n) is 24.3. The number of anilines is 2. The number of ether oxygens (including phenoxy) is 2. The molecule has 0 aromatic heterocycles. The normalized spacial score (nSPS) is 17.4. The Labute approximate surface area is 260 Å². The molecular weight excluding hydrogens is 617 g/mol. The van der Waals surface area contributed by atoms with Crippen molar-refractivity contribution in [3.05, 3.63) is 83.4 Å². The summed E-state index contributed by atoms with van der Waals surface area (Å²) in [6.07, 6.45) is -6.45. The summed E-state index contributed by atoms with van der Waals surface area (Å²) in [4.78, 5) is 38.0. The molecule has 0 radical (unpaired) electrons. The minimum atomic E-state index is -4.93. The second-order valence-corrected chi connectivity index (χ2v) is 11.1. The summed E-state index contributed by atoms with van der Waals surface area (Å²) < 4.78 is 76.2. The van der Waals surface area contributed by atoms with Crippen LogP contribution in [0.3, 0.4) is 0 Å². The van der Waals surface area contributed by atoms with Gasteiger partial charge in [0.2, 0.25) is 6.17 Å². The Hall–Kier alpha value is -4.88. The number of fused-ring (bicyclic) bond motifs is 1. The van der Waals surface area contributed by atoms with Gasteiger partial charge in [0.15, 0.2) is 11.5 Å². The maximum atomic E-state index is 13.7. The third-order valence-electron chi connectivity index (χ3n) is 7.80. The topological polar surface area (TPSA) is 117 Å². The smallest absolute Gasteiger partial charge is 0.479 e. The van der Waals surface area contributed by atoms with E-state index in [4.69, 9.17) is 5.11 Å². The van der Waals surface area contributed by atoms with Crippen molar-refractivity contribution < 1.29 is 50.9 Å². The first kappa shape index (κ1) is 32.5. The number of carboxylic acid groups (broad SMARTS) is 1. The molecule has 14 heteroatoms. The molecule has 0 bridgehead atoms. The lowest BCUT2D eigenvalue weighted by Crippen LogP contribution is -2.52. The number of nitrogens with one attached hydrogen (secondary N) is 2. The number of nitrogens with zero attached hydrogens (tertiary/aromatic N) is 1. The molecule has 1 atom stereocenters. The molecular formula is C32H30F5N3O6. The number of rotatable bonds is 9. The van der Waals surface area contributed by atoms with Gasteiger partial charge in [0.1, 0.15) is 0 Å². The van der Waals surface area contributed by atoms with Crippen molar-refractivity contribution in [2.75, 3.05) is 16.8 Å². The molecule has 1 heterocycles. The number of carbonyl (C=O) groups excluding carboxylic acids is 2. The van der Waals surface area contributed by atoms with E-state index >= 15 is 0 Å². The van der Waals surface area contributed by atoms with Crippen LogP contribution in [0.1, 0.15) is 59.5 Å².